The number of nitrogens with one attached hydrogen (secondary N) is 1. The summed E-state index contributed by atoms with van der Waals surface area (Å²) in [5.74, 6) is 0.483. The van der Waals surface area contributed by atoms with Crippen molar-refractivity contribution in [2.24, 2.45) is 0 Å². The molecule has 2 atom stereocenters. The SMILES string of the molecule is CN(CCC(=O)Nc1nnc(C2CC2)s1)[C@H]1COC[C@@H]1O. The highest BCUT2D eigenvalue weighted by atomic mass is 32.1. The van der Waals surface area contributed by atoms with Gasteiger partial charge in [-0.05, 0) is 19.9 Å². The highest BCUT2D eigenvalue weighted by molar-refractivity contribution is 7.15. The number of aromatic nitrogens is 2. The molecule has 2 fully saturated rings. The van der Waals surface area contributed by atoms with Crippen LogP contribution in [0, 0.1) is 0 Å². The lowest BCUT2D eigenvalue weighted by Crippen LogP contribution is -2.41. The molecule has 116 valence electrons. The topological polar surface area (TPSA) is 87.6 Å². The molecular formula is C13H20N4O3S. The minimum Gasteiger partial charge on any atom is -0.389 e. The maximum Gasteiger partial charge on any atom is 0.227 e. The predicted octanol–water partition coefficient (Wildman–Crippen LogP) is 0.436. The van der Waals surface area contributed by atoms with Crippen molar-refractivity contribution in [3.8, 4) is 0 Å². The van der Waals surface area contributed by atoms with Crippen molar-refractivity contribution < 1.29 is 14.6 Å². The Kier molecular flexibility index (Phi) is 4.48. The van der Waals surface area contributed by atoms with Gasteiger partial charge in [0.2, 0.25) is 11.0 Å². The molecule has 1 amide bonds. The average Bonchev–Trinajstić information content (AvgIpc) is 3.06. The van der Waals surface area contributed by atoms with E-state index in [1.54, 1.807) is 0 Å². The maximum absolute atomic E-state index is 11.9. The van der Waals surface area contributed by atoms with Crippen molar-refractivity contribution in [2.45, 2.75) is 37.3 Å². The summed E-state index contributed by atoms with van der Waals surface area (Å²) in [6, 6.07) is -0.0270. The van der Waals surface area contributed by atoms with Gasteiger partial charge in [-0.15, -0.1) is 10.2 Å². The van der Waals surface area contributed by atoms with Gasteiger partial charge in [0.25, 0.3) is 0 Å². The second-order valence-electron chi connectivity index (χ2n) is 5.67. The molecule has 0 aromatic carbocycles. The summed E-state index contributed by atoms with van der Waals surface area (Å²) < 4.78 is 5.22. The van der Waals surface area contributed by atoms with Crippen LogP contribution in [0.3, 0.4) is 0 Å². The minimum atomic E-state index is -0.470. The van der Waals surface area contributed by atoms with Crippen LogP contribution in [0.5, 0.6) is 0 Å². The summed E-state index contributed by atoms with van der Waals surface area (Å²) in [4.78, 5) is 13.9. The van der Waals surface area contributed by atoms with E-state index in [0.717, 1.165) is 5.01 Å². The van der Waals surface area contributed by atoms with Gasteiger partial charge >= 0.3 is 0 Å². The van der Waals surface area contributed by atoms with Crippen LogP contribution >= 0.6 is 11.3 Å². The van der Waals surface area contributed by atoms with E-state index in [1.807, 2.05) is 11.9 Å². The number of amides is 1. The quantitative estimate of drug-likeness (QED) is 0.792. The van der Waals surface area contributed by atoms with E-state index in [9.17, 15) is 9.90 Å². The monoisotopic (exact) mass is 312 g/mol. The maximum atomic E-state index is 11.9. The van der Waals surface area contributed by atoms with Gasteiger partial charge in [-0.25, -0.2) is 0 Å². The fraction of sp³-hybridized carbons (Fsp3) is 0.769. The van der Waals surface area contributed by atoms with Gasteiger partial charge in [-0.2, -0.15) is 0 Å². The average molecular weight is 312 g/mol. The Bertz CT molecular complexity index is 505. The molecule has 0 bridgehead atoms. The Morgan fingerprint density at radius 2 is 2.29 bits per heavy atom. The molecule has 21 heavy (non-hydrogen) atoms. The Morgan fingerprint density at radius 3 is 2.95 bits per heavy atom. The summed E-state index contributed by atoms with van der Waals surface area (Å²) in [6.07, 6.45) is 2.25. The second kappa shape index (κ2) is 6.35. The number of hydrogen-bond donors (Lipinski definition) is 2. The smallest absolute Gasteiger partial charge is 0.227 e. The van der Waals surface area contributed by atoms with Crippen molar-refractivity contribution in [3.05, 3.63) is 5.01 Å². The number of anilines is 1. The molecule has 1 saturated heterocycles. The summed E-state index contributed by atoms with van der Waals surface area (Å²) in [5.41, 5.74) is 0. The number of ether oxygens (including phenoxy) is 1. The Morgan fingerprint density at radius 1 is 1.48 bits per heavy atom. The number of aliphatic hydroxyl groups excluding tert-OH is 1. The largest absolute Gasteiger partial charge is 0.389 e. The fourth-order valence-electron chi connectivity index (χ4n) is 2.36. The lowest BCUT2D eigenvalue weighted by Gasteiger charge is -2.24. The van der Waals surface area contributed by atoms with E-state index in [1.165, 1.54) is 24.2 Å². The third-order valence-electron chi connectivity index (χ3n) is 3.89. The lowest BCUT2D eigenvalue weighted by molar-refractivity contribution is -0.116. The molecule has 2 aliphatic rings. The highest BCUT2D eigenvalue weighted by Gasteiger charge is 2.30. The van der Waals surface area contributed by atoms with E-state index >= 15 is 0 Å². The summed E-state index contributed by atoms with van der Waals surface area (Å²) >= 11 is 1.46. The fourth-order valence-corrected chi connectivity index (χ4v) is 3.29. The summed E-state index contributed by atoms with van der Waals surface area (Å²) in [6.45, 7) is 1.46. The van der Waals surface area contributed by atoms with Crippen molar-refractivity contribution in [3.63, 3.8) is 0 Å². The van der Waals surface area contributed by atoms with Crippen LogP contribution < -0.4 is 5.32 Å². The Balaban J connectivity index is 1.43. The number of rotatable bonds is 6. The van der Waals surface area contributed by atoms with E-state index in [2.05, 4.69) is 15.5 Å². The zero-order valence-corrected chi connectivity index (χ0v) is 12.8. The Labute approximate surface area is 127 Å². The van der Waals surface area contributed by atoms with Crippen LogP contribution in [0.1, 0.15) is 30.2 Å². The van der Waals surface area contributed by atoms with Crippen molar-refractivity contribution in [1.29, 1.82) is 0 Å². The first-order chi connectivity index (χ1) is 10.1. The number of nitrogens with zero attached hydrogens (tertiary/aromatic N) is 3. The molecule has 1 saturated carbocycles. The minimum absolute atomic E-state index is 0.0270. The Hall–Kier alpha value is -1.09. The van der Waals surface area contributed by atoms with Crippen molar-refractivity contribution in [2.75, 3.05) is 32.1 Å². The standard InChI is InChI=1S/C13H20N4O3S/c1-17(9-6-20-7-10(9)18)5-4-11(19)14-13-16-15-12(21-13)8-2-3-8/h8-10,18H,2-7H2,1H3,(H,14,16,19)/t9-,10-/m0/s1. The first kappa shape index (κ1) is 14.8. The molecule has 0 radical (unpaired) electrons. The van der Waals surface area contributed by atoms with Gasteiger partial charge in [0.15, 0.2) is 0 Å². The zero-order chi connectivity index (χ0) is 14.8. The molecular weight excluding hydrogens is 292 g/mol. The molecule has 8 heteroatoms. The number of carbonyl (C=O) groups is 1. The van der Waals surface area contributed by atoms with Crippen molar-refractivity contribution in [1.82, 2.24) is 15.1 Å². The predicted molar refractivity (Wildman–Crippen MR) is 78.4 cm³/mol. The first-order valence-electron chi connectivity index (χ1n) is 7.23. The third kappa shape index (κ3) is 3.76. The number of aliphatic hydroxyl groups is 1. The molecule has 1 aliphatic carbocycles. The molecule has 2 heterocycles. The third-order valence-corrected chi connectivity index (χ3v) is 4.89. The van der Waals surface area contributed by atoms with Gasteiger partial charge < -0.3 is 15.2 Å². The highest BCUT2D eigenvalue weighted by Crippen LogP contribution is 2.42. The number of likely N-dealkylation sites (N-methyl/N-ethyl adjacent to an activating group) is 1. The lowest BCUT2D eigenvalue weighted by atomic mass is 10.2. The van der Waals surface area contributed by atoms with Crippen LogP contribution in [0.25, 0.3) is 0 Å². The van der Waals surface area contributed by atoms with Gasteiger partial charge in [0.1, 0.15) is 5.01 Å². The molecule has 1 aromatic rings. The molecule has 2 N–H and O–H groups in total. The van der Waals surface area contributed by atoms with Gasteiger partial charge in [-0.1, -0.05) is 11.3 Å². The van der Waals surface area contributed by atoms with E-state index in [4.69, 9.17) is 4.74 Å². The molecule has 0 spiro atoms. The van der Waals surface area contributed by atoms with Crippen LogP contribution in [0.15, 0.2) is 0 Å². The van der Waals surface area contributed by atoms with Crippen LogP contribution in [-0.4, -0.2) is 65.1 Å². The van der Waals surface area contributed by atoms with Crippen LogP contribution in [-0.2, 0) is 9.53 Å². The zero-order valence-electron chi connectivity index (χ0n) is 12.0. The van der Waals surface area contributed by atoms with E-state index < -0.39 is 6.10 Å². The summed E-state index contributed by atoms with van der Waals surface area (Å²) in [5, 5.41) is 22.2. The van der Waals surface area contributed by atoms with Crippen LogP contribution in [0.4, 0.5) is 5.13 Å². The van der Waals surface area contributed by atoms with E-state index in [-0.39, 0.29) is 11.9 Å². The van der Waals surface area contributed by atoms with Gasteiger partial charge in [0, 0.05) is 18.9 Å². The van der Waals surface area contributed by atoms with E-state index in [0.29, 0.717) is 37.2 Å². The first-order valence-corrected chi connectivity index (χ1v) is 8.04. The molecule has 3 rings (SSSR count). The number of hydrogen-bond acceptors (Lipinski definition) is 7. The van der Waals surface area contributed by atoms with Gasteiger partial charge in [0.05, 0.1) is 25.4 Å². The van der Waals surface area contributed by atoms with Crippen molar-refractivity contribution >= 4 is 22.4 Å². The van der Waals surface area contributed by atoms with Crippen LogP contribution in [0.2, 0.25) is 0 Å². The normalized spacial score (nSPS) is 25.5. The molecule has 7 nitrogen and oxygen atoms in total. The number of carbonyl (C=O) groups excluding carboxylic acids is 1. The molecule has 1 aliphatic heterocycles. The summed E-state index contributed by atoms with van der Waals surface area (Å²) in [7, 11) is 1.89. The van der Waals surface area contributed by atoms with Gasteiger partial charge in [-0.3, -0.25) is 9.69 Å². The molecule has 0 unspecified atom stereocenters. The molecule has 1 aromatic heterocycles. The second-order valence-corrected chi connectivity index (χ2v) is 6.68.